The molecule has 1 rings (SSSR count). The highest BCUT2D eigenvalue weighted by Gasteiger charge is 2.16. The van der Waals surface area contributed by atoms with Crippen molar-refractivity contribution in [3.05, 3.63) is 35.4 Å². The van der Waals surface area contributed by atoms with E-state index in [-0.39, 0.29) is 12.0 Å². The van der Waals surface area contributed by atoms with Gasteiger partial charge in [0.05, 0.1) is 0 Å². The minimum Gasteiger partial charge on any atom is -0.396 e. The second kappa shape index (κ2) is 6.91. The number of aliphatic hydroxyl groups excluding tert-OH is 1. The van der Waals surface area contributed by atoms with Crippen LogP contribution in [0.2, 0.25) is 0 Å². The molecule has 0 saturated heterocycles. The van der Waals surface area contributed by atoms with E-state index in [4.69, 9.17) is 0 Å². The van der Waals surface area contributed by atoms with Crippen molar-refractivity contribution in [3.63, 3.8) is 0 Å². The Balaban J connectivity index is 2.31. The Bertz CT molecular complexity index is 360. The van der Waals surface area contributed by atoms with Crippen molar-refractivity contribution in [1.82, 2.24) is 5.32 Å². The minimum absolute atomic E-state index is 0.0302. The van der Waals surface area contributed by atoms with E-state index in [0.29, 0.717) is 6.04 Å². The number of nitrogens with one attached hydrogen (secondary N) is 1. The topological polar surface area (TPSA) is 32.3 Å². The summed E-state index contributed by atoms with van der Waals surface area (Å²) >= 11 is 0. The molecular weight excluding hydrogens is 222 g/mol. The van der Waals surface area contributed by atoms with E-state index in [9.17, 15) is 5.11 Å². The number of aryl methyl sites for hydroxylation is 2. The number of rotatable bonds is 7. The highest BCUT2D eigenvalue weighted by Crippen LogP contribution is 2.13. The average Bonchev–Trinajstić information content (AvgIpc) is 2.34. The fourth-order valence-corrected chi connectivity index (χ4v) is 1.86. The van der Waals surface area contributed by atoms with Gasteiger partial charge in [0.25, 0.3) is 0 Å². The van der Waals surface area contributed by atoms with Crippen LogP contribution in [0.4, 0.5) is 0 Å². The molecule has 0 bridgehead atoms. The quantitative estimate of drug-likeness (QED) is 0.779. The highest BCUT2D eigenvalue weighted by molar-refractivity contribution is 5.22. The summed E-state index contributed by atoms with van der Waals surface area (Å²) in [5, 5.41) is 12.7. The molecule has 2 nitrogen and oxygen atoms in total. The van der Waals surface area contributed by atoms with Gasteiger partial charge in [0.1, 0.15) is 0 Å². The number of hydrogen-bond acceptors (Lipinski definition) is 2. The lowest BCUT2D eigenvalue weighted by Gasteiger charge is -2.25. The van der Waals surface area contributed by atoms with Crippen molar-refractivity contribution in [3.8, 4) is 0 Å². The molecule has 0 amide bonds. The summed E-state index contributed by atoms with van der Waals surface area (Å²) in [6, 6.07) is 9.19. The van der Waals surface area contributed by atoms with Gasteiger partial charge < -0.3 is 10.4 Å². The van der Waals surface area contributed by atoms with Gasteiger partial charge in [0.15, 0.2) is 0 Å². The van der Waals surface area contributed by atoms with Gasteiger partial charge in [-0.2, -0.15) is 0 Å². The lowest BCUT2D eigenvalue weighted by Crippen LogP contribution is -2.37. The summed E-state index contributed by atoms with van der Waals surface area (Å²) in [5.74, 6) is 0. The molecule has 0 aliphatic carbocycles. The van der Waals surface area contributed by atoms with Gasteiger partial charge in [-0.1, -0.05) is 43.7 Å². The van der Waals surface area contributed by atoms with Crippen LogP contribution in [0.5, 0.6) is 0 Å². The molecule has 1 aromatic carbocycles. The summed E-state index contributed by atoms with van der Waals surface area (Å²) in [4.78, 5) is 0. The van der Waals surface area contributed by atoms with Crippen LogP contribution in [0.1, 0.15) is 38.3 Å². The zero-order chi connectivity index (χ0) is 13.6. The van der Waals surface area contributed by atoms with Crippen LogP contribution in [0.15, 0.2) is 24.3 Å². The van der Waals surface area contributed by atoms with E-state index in [2.05, 4.69) is 57.3 Å². The SMILES string of the molecule is Cc1cccc(CCC(C)NCC(C)(C)CO)c1. The molecule has 1 aromatic rings. The molecule has 2 N–H and O–H groups in total. The minimum atomic E-state index is -0.0302. The highest BCUT2D eigenvalue weighted by atomic mass is 16.3. The molecule has 0 saturated carbocycles. The van der Waals surface area contributed by atoms with Crippen molar-refractivity contribution < 1.29 is 5.11 Å². The van der Waals surface area contributed by atoms with Gasteiger partial charge in [0.2, 0.25) is 0 Å². The lowest BCUT2D eigenvalue weighted by molar-refractivity contribution is 0.153. The molecule has 102 valence electrons. The number of hydrogen-bond donors (Lipinski definition) is 2. The standard InChI is InChI=1S/C16H27NO/c1-13-6-5-7-15(10-13)9-8-14(2)17-11-16(3,4)12-18/h5-7,10,14,17-18H,8-9,11-12H2,1-4H3. The third kappa shape index (κ3) is 5.65. The summed E-state index contributed by atoms with van der Waals surface area (Å²) in [7, 11) is 0. The van der Waals surface area contributed by atoms with E-state index in [1.165, 1.54) is 11.1 Å². The molecule has 0 spiro atoms. The first-order chi connectivity index (χ1) is 8.43. The maximum Gasteiger partial charge on any atom is 0.0494 e. The van der Waals surface area contributed by atoms with Crippen LogP contribution in [0.3, 0.4) is 0 Å². The van der Waals surface area contributed by atoms with Gasteiger partial charge in [-0.25, -0.2) is 0 Å². The Labute approximate surface area is 111 Å². The van der Waals surface area contributed by atoms with Gasteiger partial charge in [-0.05, 0) is 32.3 Å². The molecule has 1 unspecified atom stereocenters. The van der Waals surface area contributed by atoms with E-state index in [1.54, 1.807) is 0 Å². The molecule has 2 heteroatoms. The van der Waals surface area contributed by atoms with Crippen molar-refractivity contribution in [1.29, 1.82) is 0 Å². The third-order valence-corrected chi connectivity index (χ3v) is 3.31. The monoisotopic (exact) mass is 249 g/mol. The molecule has 0 aliphatic heterocycles. The van der Waals surface area contributed by atoms with Crippen molar-refractivity contribution >= 4 is 0 Å². The molecule has 1 atom stereocenters. The third-order valence-electron chi connectivity index (χ3n) is 3.31. The van der Waals surface area contributed by atoms with Crippen LogP contribution in [-0.4, -0.2) is 24.3 Å². The summed E-state index contributed by atoms with van der Waals surface area (Å²) in [6.45, 7) is 9.59. The molecule has 0 radical (unpaired) electrons. The largest absolute Gasteiger partial charge is 0.396 e. The predicted molar refractivity (Wildman–Crippen MR) is 77.8 cm³/mol. The Morgan fingerprint density at radius 1 is 1.33 bits per heavy atom. The van der Waals surface area contributed by atoms with Gasteiger partial charge in [-0.3, -0.25) is 0 Å². The normalized spacial score (nSPS) is 13.6. The van der Waals surface area contributed by atoms with Gasteiger partial charge >= 0.3 is 0 Å². The van der Waals surface area contributed by atoms with Gasteiger partial charge in [-0.15, -0.1) is 0 Å². The van der Waals surface area contributed by atoms with E-state index >= 15 is 0 Å². The maximum atomic E-state index is 9.21. The second-order valence-electron chi connectivity index (χ2n) is 6.13. The van der Waals surface area contributed by atoms with Crippen LogP contribution in [0.25, 0.3) is 0 Å². The van der Waals surface area contributed by atoms with Crippen LogP contribution in [0, 0.1) is 12.3 Å². The Morgan fingerprint density at radius 2 is 2.06 bits per heavy atom. The van der Waals surface area contributed by atoms with E-state index in [1.807, 2.05) is 0 Å². The molecule has 0 aromatic heterocycles. The fourth-order valence-electron chi connectivity index (χ4n) is 1.86. The molecule has 0 aliphatic rings. The van der Waals surface area contributed by atoms with Crippen molar-refractivity contribution in [2.24, 2.45) is 5.41 Å². The van der Waals surface area contributed by atoms with Crippen LogP contribution < -0.4 is 5.32 Å². The van der Waals surface area contributed by atoms with Crippen LogP contribution in [-0.2, 0) is 6.42 Å². The van der Waals surface area contributed by atoms with Crippen LogP contribution >= 0.6 is 0 Å². The maximum absolute atomic E-state index is 9.21. The first kappa shape index (κ1) is 15.2. The molecule has 0 heterocycles. The Kier molecular flexibility index (Phi) is 5.83. The average molecular weight is 249 g/mol. The Hall–Kier alpha value is -0.860. The Morgan fingerprint density at radius 3 is 2.67 bits per heavy atom. The van der Waals surface area contributed by atoms with E-state index in [0.717, 1.165) is 19.4 Å². The first-order valence-electron chi connectivity index (χ1n) is 6.83. The van der Waals surface area contributed by atoms with Crippen molar-refractivity contribution in [2.75, 3.05) is 13.2 Å². The molecule has 18 heavy (non-hydrogen) atoms. The lowest BCUT2D eigenvalue weighted by atomic mass is 9.94. The smallest absolute Gasteiger partial charge is 0.0494 e. The zero-order valence-corrected chi connectivity index (χ0v) is 12.2. The van der Waals surface area contributed by atoms with Crippen molar-refractivity contribution in [2.45, 2.75) is 46.6 Å². The fraction of sp³-hybridized carbons (Fsp3) is 0.625. The summed E-state index contributed by atoms with van der Waals surface area (Å²) in [5.41, 5.74) is 2.71. The van der Waals surface area contributed by atoms with E-state index < -0.39 is 0 Å². The first-order valence-corrected chi connectivity index (χ1v) is 6.83. The summed E-state index contributed by atoms with van der Waals surface area (Å²) < 4.78 is 0. The molecule has 0 fully saturated rings. The summed E-state index contributed by atoms with van der Waals surface area (Å²) in [6.07, 6.45) is 2.24. The zero-order valence-electron chi connectivity index (χ0n) is 12.2. The number of benzene rings is 1. The molecular formula is C16H27NO. The number of aliphatic hydroxyl groups is 1. The second-order valence-corrected chi connectivity index (χ2v) is 6.13. The predicted octanol–water partition coefficient (Wildman–Crippen LogP) is 2.92. The van der Waals surface area contributed by atoms with Gasteiger partial charge in [0, 0.05) is 24.6 Å².